The predicted octanol–water partition coefficient (Wildman–Crippen LogP) is 4.51. The minimum absolute atomic E-state index is 0.0440. The molecule has 0 aliphatic heterocycles. The van der Waals surface area contributed by atoms with Gasteiger partial charge in [0.25, 0.3) is 0 Å². The van der Waals surface area contributed by atoms with Crippen LogP contribution in [0.3, 0.4) is 0 Å². The Morgan fingerprint density at radius 3 is 2.42 bits per heavy atom. The number of hydrogen-bond donors (Lipinski definition) is 1. The van der Waals surface area contributed by atoms with Gasteiger partial charge in [0, 0.05) is 6.42 Å². The Morgan fingerprint density at radius 1 is 1.12 bits per heavy atom. The van der Waals surface area contributed by atoms with E-state index in [0.717, 1.165) is 24.2 Å². The molecule has 3 nitrogen and oxygen atoms in total. The standard InChI is InChI=1S/C21H27NO2/c1-5-20(18-8-11-19(24-4)12-9-18)22-21(23)13-10-17-7-6-15(2)14-16(17)3/h6-9,11-12,14,20H,5,10,13H2,1-4H3,(H,22,23). The minimum atomic E-state index is 0.0440. The fourth-order valence-electron chi connectivity index (χ4n) is 2.90. The van der Waals surface area contributed by atoms with Gasteiger partial charge in [-0.25, -0.2) is 0 Å². The Bertz CT molecular complexity index is 677. The highest BCUT2D eigenvalue weighted by Crippen LogP contribution is 2.20. The quantitative estimate of drug-likeness (QED) is 0.813. The van der Waals surface area contributed by atoms with Crippen LogP contribution in [0, 0.1) is 13.8 Å². The van der Waals surface area contributed by atoms with Crippen LogP contribution in [0.1, 0.15) is 48.1 Å². The Kier molecular flexibility index (Phi) is 6.42. The first-order valence-electron chi connectivity index (χ1n) is 8.53. The highest BCUT2D eigenvalue weighted by atomic mass is 16.5. The average molecular weight is 325 g/mol. The number of amides is 1. The summed E-state index contributed by atoms with van der Waals surface area (Å²) in [5, 5.41) is 3.14. The van der Waals surface area contributed by atoms with E-state index in [1.165, 1.54) is 16.7 Å². The molecule has 0 aliphatic rings. The van der Waals surface area contributed by atoms with Gasteiger partial charge in [0.2, 0.25) is 5.91 Å². The topological polar surface area (TPSA) is 38.3 Å². The number of aryl methyl sites for hydroxylation is 3. The first kappa shape index (κ1) is 18.1. The zero-order valence-electron chi connectivity index (χ0n) is 15.1. The number of nitrogens with one attached hydrogen (secondary N) is 1. The molecule has 1 amide bonds. The van der Waals surface area contributed by atoms with Gasteiger partial charge < -0.3 is 10.1 Å². The fraction of sp³-hybridized carbons (Fsp3) is 0.381. The van der Waals surface area contributed by atoms with Crippen molar-refractivity contribution in [1.82, 2.24) is 5.32 Å². The molecule has 0 aliphatic carbocycles. The van der Waals surface area contributed by atoms with E-state index in [-0.39, 0.29) is 11.9 Å². The van der Waals surface area contributed by atoms with Crippen molar-refractivity contribution in [2.24, 2.45) is 0 Å². The number of carbonyl (C=O) groups is 1. The molecule has 0 fully saturated rings. The molecule has 0 saturated heterocycles. The van der Waals surface area contributed by atoms with Crippen molar-refractivity contribution >= 4 is 5.91 Å². The third-order valence-electron chi connectivity index (χ3n) is 4.38. The summed E-state index contributed by atoms with van der Waals surface area (Å²) in [5.74, 6) is 0.924. The van der Waals surface area contributed by atoms with Crippen molar-refractivity contribution in [3.63, 3.8) is 0 Å². The van der Waals surface area contributed by atoms with Crippen LogP contribution in [0.4, 0.5) is 0 Å². The van der Waals surface area contributed by atoms with E-state index in [4.69, 9.17) is 4.74 Å². The van der Waals surface area contributed by atoms with Gasteiger partial charge in [-0.2, -0.15) is 0 Å². The molecular formula is C21H27NO2. The Hall–Kier alpha value is -2.29. The van der Waals surface area contributed by atoms with E-state index in [0.29, 0.717) is 6.42 Å². The van der Waals surface area contributed by atoms with Crippen molar-refractivity contribution in [3.8, 4) is 5.75 Å². The van der Waals surface area contributed by atoms with E-state index >= 15 is 0 Å². The number of carbonyl (C=O) groups excluding carboxylic acids is 1. The van der Waals surface area contributed by atoms with Gasteiger partial charge in [-0.15, -0.1) is 0 Å². The molecule has 1 N–H and O–H groups in total. The van der Waals surface area contributed by atoms with Gasteiger partial charge in [-0.05, 0) is 55.5 Å². The molecule has 24 heavy (non-hydrogen) atoms. The number of benzene rings is 2. The third-order valence-corrected chi connectivity index (χ3v) is 4.38. The summed E-state index contributed by atoms with van der Waals surface area (Å²) in [5.41, 5.74) is 4.86. The minimum Gasteiger partial charge on any atom is -0.497 e. The monoisotopic (exact) mass is 325 g/mol. The lowest BCUT2D eigenvalue weighted by Crippen LogP contribution is -2.28. The summed E-state index contributed by atoms with van der Waals surface area (Å²) >= 11 is 0. The van der Waals surface area contributed by atoms with E-state index in [1.54, 1.807) is 7.11 Å². The van der Waals surface area contributed by atoms with Crippen LogP contribution in [0.15, 0.2) is 42.5 Å². The van der Waals surface area contributed by atoms with Crippen LogP contribution in [0.2, 0.25) is 0 Å². The normalized spacial score (nSPS) is 11.8. The molecule has 0 bridgehead atoms. The summed E-state index contributed by atoms with van der Waals surface area (Å²) in [4.78, 5) is 12.3. The Labute approximate surface area is 145 Å². The maximum absolute atomic E-state index is 12.3. The number of ether oxygens (including phenoxy) is 1. The number of methoxy groups -OCH3 is 1. The highest BCUT2D eigenvalue weighted by Gasteiger charge is 2.13. The van der Waals surface area contributed by atoms with Gasteiger partial charge in [-0.1, -0.05) is 42.8 Å². The van der Waals surface area contributed by atoms with E-state index < -0.39 is 0 Å². The largest absolute Gasteiger partial charge is 0.497 e. The van der Waals surface area contributed by atoms with Gasteiger partial charge in [-0.3, -0.25) is 4.79 Å². The van der Waals surface area contributed by atoms with Crippen LogP contribution in [-0.2, 0) is 11.2 Å². The van der Waals surface area contributed by atoms with Crippen LogP contribution < -0.4 is 10.1 Å². The maximum atomic E-state index is 12.3. The summed E-state index contributed by atoms with van der Waals surface area (Å²) in [6, 6.07) is 14.3. The zero-order chi connectivity index (χ0) is 17.5. The average Bonchev–Trinajstić information content (AvgIpc) is 2.59. The van der Waals surface area contributed by atoms with Gasteiger partial charge >= 0.3 is 0 Å². The van der Waals surface area contributed by atoms with Crippen LogP contribution in [0.5, 0.6) is 5.75 Å². The highest BCUT2D eigenvalue weighted by molar-refractivity contribution is 5.76. The van der Waals surface area contributed by atoms with Crippen LogP contribution in [0.25, 0.3) is 0 Å². The molecule has 1 atom stereocenters. The molecule has 128 valence electrons. The summed E-state index contributed by atoms with van der Waals surface area (Å²) in [6.45, 7) is 6.27. The second kappa shape index (κ2) is 8.53. The van der Waals surface area contributed by atoms with Gasteiger partial charge in [0.15, 0.2) is 0 Å². The fourth-order valence-corrected chi connectivity index (χ4v) is 2.90. The molecule has 0 spiro atoms. The molecule has 1 unspecified atom stereocenters. The van der Waals surface area contributed by atoms with Crippen molar-refractivity contribution < 1.29 is 9.53 Å². The second-order valence-corrected chi connectivity index (χ2v) is 6.23. The van der Waals surface area contributed by atoms with Crippen LogP contribution >= 0.6 is 0 Å². The Balaban J connectivity index is 1.93. The third kappa shape index (κ3) is 4.85. The summed E-state index contributed by atoms with van der Waals surface area (Å²) in [7, 11) is 1.65. The zero-order valence-corrected chi connectivity index (χ0v) is 15.1. The Morgan fingerprint density at radius 2 is 1.83 bits per heavy atom. The van der Waals surface area contributed by atoms with E-state index in [1.807, 2.05) is 24.3 Å². The molecule has 0 aromatic heterocycles. The van der Waals surface area contributed by atoms with Crippen molar-refractivity contribution in [2.45, 2.75) is 46.1 Å². The SMILES string of the molecule is CCC(NC(=O)CCc1ccc(C)cc1C)c1ccc(OC)cc1. The lowest BCUT2D eigenvalue weighted by atomic mass is 10.0. The molecule has 0 heterocycles. The number of hydrogen-bond acceptors (Lipinski definition) is 2. The van der Waals surface area contributed by atoms with Crippen molar-refractivity contribution in [2.75, 3.05) is 7.11 Å². The molecule has 3 heteroatoms. The van der Waals surface area contributed by atoms with E-state index in [9.17, 15) is 4.79 Å². The second-order valence-electron chi connectivity index (χ2n) is 6.23. The number of rotatable bonds is 7. The van der Waals surface area contributed by atoms with Crippen molar-refractivity contribution in [3.05, 3.63) is 64.7 Å². The first-order chi connectivity index (χ1) is 11.5. The first-order valence-corrected chi connectivity index (χ1v) is 8.53. The van der Waals surface area contributed by atoms with Gasteiger partial charge in [0.1, 0.15) is 5.75 Å². The summed E-state index contributed by atoms with van der Waals surface area (Å²) < 4.78 is 5.18. The maximum Gasteiger partial charge on any atom is 0.220 e. The summed E-state index contributed by atoms with van der Waals surface area (Å²) in [6.07, 6.45) is 2.15. The van der Waals surface area contributed by atoms with Crippen molar-refractivity contribution in [1.29, 1.82) is 0 Å². The molecule has 2 aromatic rings. The molecule has 0 saturated carbocycles. The van der Waals surface area contributed by atoms with E-state index in [2.05, 4.69) is 44.3 Å². The molecule has 2 aromatic carbocycles. The smallest absolute Gasteiger partial charge is 0.220 e. The molecular weight excluding hydrogens is 298 g/mol. The van der Waals surface area contributed by atoms with Crippen LogP contribution in [-0.4, -0.2) is 13.0 Å². The lowest BCUT2D eigenvalue weighted by Gasteiger charge is -2.18. The molecule has 2 rings (SSSR count). The predicted molar refractivity (Wildman–Crippen MR) is 98.4 cm³/mol. The lowest BCUT2D eigenvalue weighted by molar-refractivity contribution is -0.121. The molecule has 0 radical (unpaired) electrons. The van der Waals surface area contributed by atoms with Gasteiger partial charge in [0.05, 0.1) is 13.2 Å².